The van der Waals surface area contributed by atoms with Crippen LogP contribution in [0.15, 0.2) is 68.5 Å². The second-order valence-corrected chi connectivity index (χ2v) is 12.1. The maximum absolute atomic E-state index is 5.49. The number of fused-ring (bicyclic) bond motifs is 12. The van der Waals surface area contributed by atoms with Gasteiger partial charge >= 0.3 is 5.91 Å². The molecule has 12 rings (SSSR count). The van der Waals surface area contributed by atoms with Crippen molar-refractivity contribution in [2.24, 2.45) is 20.0 Å². The quantitative estimate of drug-likeness (QED) is 0.166. The zero-order valence-corrected chi connectivity index (χ0v) is 259. The molecule has 6 aliphatic rings. The molecule has 2 aromatic heterocycles. The van der Waals surface area contributed by atoms with Gasteiger partial charge in [-0.2, -0.15) is 21.1 Å². The molecule has 6 aliphatic heterocycles. The second-order valence-electron chi connectivity index (χ2n) is 12.1. The van der Waals surface area contributed by atoms with Gasteiger partial charge in [0.15, 0.2) is 5.84 Å². The Morgan fingerprint density at radius 3 is 0.832 bits per heavy atom. The Morgan fingerprint density at radius 1 is 0.230 bits per heavy atom. The van der Waals surface area contributed by atoms with Crippen molar-refractivity contribution >= 4 is 56.5 Å². The van der Waals surface area contributed by atoms with Crippen molar-refractivity contribution in [2.45, 2.75) is 26.7 Å². The van der Waals surface area contributed by atoms with Gasteiger partial charge in [0, 0.05) is 2260 Å². The Labute approximate surface area is 2410 Å². The fraction of sp³-hybridized carbons (Fsp3) is 0.111. The molecule has 113 heavy (non-hydrogen) atoms. The molecule has 0 saturated carbocycles. The first-order chi connectivity index (χ1) is 21.6. The van der Waals surface area contributed by atoms with Crippen LogP contribution in [0.25, 0.3) is 21.5 Å². The topological polar surface area (TPSA) is 65.3 Å². The number of rotatable bonds is 0. The molecule has 1 spiro atoms. The van der Waals surface area contributed by atoms with E-state index in [0.717, 1.165) is 106 Å². The summed E-state index contributed by atoms with van der Waals surface area (Å²) in [4.78, 5) is 21.7. The minimum Gasteiger partial charge on any atom is -0.260 e. The molecule has 411 valence electrons. The number of aromatic nitrogens is 2. The van der Waals surface area contributed by atoms with Crippen LogP contribution < -0.4 is 11.0 Å². The monoisotopic (exact) mass is 6700 g/mol. The van der Waals surface area contributed by atoms with Crippen LogP contribution in [0.5, 0.6) is 0 Å². The fourth-order valence-corrected chi connectivity index (χ4v) is 8.23. The summed E-state index contributed by atoms with van der Waals surface area (Å²) in [5, 5.41) is 3.97. The normalized spacial score (nSPS) is 7.88. The molecule has 0 saturated heterocycles. The first-order valence-electron chi connectivity index (χ1n) is 14.6. The van der Waals surface area contributed by atoms with Crippen LogP contribution in [0.4, 0.5) is 11.6 Å². The molecule has 0 aliphatic carbocycles. The summed E-state index contributed by atoms with van der Waals surface area (Å²) < 4.78 is 9.11. The molecule has 77 heteroatoms. The molecular formula is C36H17N8Y69-3. The Bertz CT molecular complexity index is 2910. The van der Waals surface area contributed by atoms with Gasteiger partial charge in [-0.3, -0.25) is 13.7 Å². The van der Waals surface area contributed by atoms with Gasteiger partial charge < -0.3 is 0 Å². The van der Waals surface area contributed by atoms with Gasteiger partial charge in [0.2, 0.25) is 5.84 Å². The number of hydrogen-bond donors (Lipinski definition) is 0. The molecule has 4 aromatic carbocycles. The SMILES string of the molecule is Cc1cc[c-]c2c1C1=Nc3c4[c-]ccc(C)c4c4n3[C@@]35n6c(c7[c-]ccc(C)c7c6=N4)=NC4=[N+]3C(=NC2=[N+]15)c1[c-]cc[c-]c14.[Y].[Y].[Y].[Y].[Y].[Y].[Y].[Y].[Y].[Y].[Y].[Y].[Y].[Y].[Y].[Y].[Y].[Y].[Y].[Y].[Y].[Y].[Y].[Y].[Y].[Y].[Y].[Y].[Y].[Y].[Y].[Y].[Y].[Y].[Y].[Y].[Y].[Y].[Y].[Y].[Y].[Y].[Y].[Y].[Y].[Y].[Y].[Y].[Y].[Y].[Y].[Y].[Y].[Y].[Y].[Y].[Y].[Y].[Y].[Y].[Y].[Y].[Y].[Y].[Y].[Y].[Y].[Y].[Y]. The number of nitrogens with zero attached hydrogens (tertiary/aromatic N) is 8. The third kappa shape index (κ3) is 115. The van der Waals surface area contributed by atoms with Crippen molar-refractivity contribution < 1.29 is 2270 Å². The zero-order chi connectivity index (χ0) is 28.8. The van der Waals surface area contributed by atoms with Gasteiger partial charge in [-0.15, -0.1) is 76.3 Å². The maximum atomic E-state index is 5.49. The van der Waals surface area contributed by atoms with Crippen molar-refractivity contribution in [3.63, 3.8) is 0 Å². The molecule has 0 fully saturated rings. The maximum Gasteiger partial charge on any atom is 0.359 e. The molecule has 69 radical (unpaired) electrons. The predicted octanol–water partition coefficient (Wildman–Crippen LogP) is 3.46. The van der Waals surface area contributed by atoms with Gasteiger partial charge in [0.05, 0.1) is 11.3 Å². The molecule has 0 N–H and O–H groups in total. The molecule has 8 nitrogen and oxygen atoms in total. The third-order valence-corrected chi connectivity index (χ3v) is 9.94. The van der Waals surface area contributed by atoms with Gasteiger partial charge in [-0.1, -0.05) is 47.9 Å². The van der Waals surface area contributed by atoms with Crippen LogP contribution in [0.2, 0.25) is 0 Å². The second kappa shape index (κ2) is 228. The van der Waals surface area contributed by atoms with E-state index in [1.807, 2.05) is 30.3 Å². The van der Waals surface area contributed by atoms with Crippen LogP contribution in [-0.2, 0) is 2260 Å². The van der Waals surface area contributed by atoms with Crippen molar-refractivity contribution in [2.75, 3.05) is 0 Å². The van der Waals surface area contributed by atoms with E-state index >= 15 is 0 Å². The number of benzene rings is 4. The van der Waals surface area contributed by atoms with Gasteiger partial charge in [-0.05, 0) is 5.56 Å². The Kier molecular flexibility index (Phi) is 781. The summed E-state index contributed by atoms with van der Waals surface area (Å²) in [7, 11) is 0. The van der Waals surface area contributed by atoms with Crippen molar-refractivity contribution in [1.82, 2.24) is 9.13 Å². The largest absolute Gasteiger partial charge is 0.359 e. The Hall–Kier alpha value is 70.4. The number of aryl methyl sites for hydroxylation is 3. The van der Waals surface area contributed by atoms with Crippen molar-refractivity contribution in [1.29, 1.82) is 0 Å². The number of hydrogen-bond acceptors (Lipinski definition) is 4. The number of amidine groups is 4. The molecule has 1 atom stereocenters. The summed E-state index contributed by atoms with van der Waals surface area (Å²) in [5.41, 5.74) is 8.73. The fourth-order valence-electron chi connectivity index (χ4n) is 8.23. The van der Waals surface area contributed by atoms with E-state index in [4.69, 9.17) is 20.0 Å². The average Bonchev–Trinajstić information content (AvgIpc) is 3.75. The molecule has 0 bridgehead atoms. The molecular weight excluding hydrogens is 6680 g/mol. The van der Waals surface area contributed by atoms with E-state index in [1.165, 1.54) is 0 Å². The van der Waals surface area contributed by atoms with E-state index < -0.39 is 5.91 Å². The van der Waals surface area contributed by atoms with Crippen molar-refractivity contribution in [3.05, 3.63) is 129 Å². The molecule has 0 unspecified atom stereocenters. The van der Waals surface area contributed by atoms with E-state index in [-0.39, 0.29) is 2260 Å². The van der Waals surface area contributed by atoms with E-state index in [9.17, 15) is 0 Å². The van der Waals surface area contributed by atoms with Crippen LogP contribution >= 0.6 is 0 Å². The molecule has 0 amide bonds. The summed E-state index contributed by atoms with van der Waals surface area (Å²) in [5.74, 6) is 3.80. The summed E-state index contributed by atoms with van der Waals surface area (Å²) in [6.45, 7) is 6.41. The molecule has 6 aromatic rings. The van der Waals surface area contributed by atoms with Crippen molar-refractivity contribution in [3.8, 4) is 0 Å². The summed E-state index contributed by atoms with van der Waals surface area (Å²) in [6.07, 6.45) is 0. The number of aliphatic imine (C=N–C) groups is 2. The van der Waals surface area contributed by atoms with E-state index in [1.54, 1.807) is 0 Å². The van der Waals surface area contributed by atoms with Crippen LogP contribution in [0.1, 0.15) is 38.9 Å². The smallest absolute Gasteiger partial charge is 0.260 e. The van der Waals surface area contributed by atoms with Gasteiger partial charge in [-0.25, -0.2) is 33.8 Å². The van der Waals surface area contributed by atoms with Crippen LogP contribution in [0.3, 0.4) is 0 Å². The first kappa shape index (κ1) is 388. The Morgan fingerprint density at radius 2 is 0.496 bits per heavy atom. The average molecular weight is 6700 g/mol. The van der Waals surface area contributed by atoms with Gasteiger partial charge in [0.25, 0.3) is 0 Å². The zero-order valence-electron chi connectivity index (χ0n) is 63.5. The minimum absolute atomic E-state index is 0. The Balaban J connectivity index is -0.00000000783. The summed E-state index contributed by atoms with van der Waals surface area (Å²) >= 11 is 0. The molecule has 8 heterocycles. The van der Waals surface area contributed by atoms with E-state index in [2.05, 4.69) is 87.6 Å². The third-order valence-electron chi connectivity index (χ3n) is 9.94. The first-order valence-corrected chi connectivity index (χ1v) is 14.6. The van der Waals surface area contributed by atoms with Crippen LogP contribution in [-0.4, -0.2) is 41.6 Å². The van der Waals surface area contributed by atoms with Gasteiger partial charge in [0.1, 0.15) is 23.0 Å². The predicted molar refractivity (Wildman–Crippen MR) is 162 cm³/mol. The standard InChI is InChI=1S/C36H17N8.69Y/c1-17-9-6-14-22-25(17)33-39-32-24-16-8-11-19(3)27(24)35-40-34-26-18(2)10-7-15-23(26)31-38-29-21-13-5-4-12-20(21)28-37-30(22)42(33)36(41(28)29,43(31)34)44(32)35;;;;;;;;;;;;;;;;;;;;;;;;;;;;;;;;;;;;;;;;;;;;;;;;;;;;;;;;;;;;;;;;;;;;;/h4-11H,1-3H3;;;;;;;;;;;;;;;;;;;;;;;;;;;;;;;;;;;;;;;;;;;;;;;;;;;;;;;;;;;;;;;;;;;;;/q-3;;;;;;;;;;;;;;;;;;;;;;;;;;;;;;;;;;;;;;;;;;;;;;;;;;;;;;;;;;;;;;;;;;;;;/t36-;;;;;;;;;;;;;;;;;;;;;;;;;;;;;;;;;;;;;;;;;;;;;;;;;;;;;;;;;;;;;;;;;;;;;/m0...................................................................../s1. The van der Waals surface area contributed by atoms with Crippen LogP contribution in [0, 0.1) is 51.1 Å². The van der Waals surface area contributed by atoms with E-state index in [0.29, 0.717) is 0 Å². The minimum atomic E-state index is -1.05. The summed E-state index contributed by atoms with van der Waals surface area (Å²) in [6, 6.07) is 33.7.